The maximum Gasteiger partial charge on any atom is 1.00 e. The molecule has 0 fully saturated rings. The Labute approximate surface area is 409 Å². The first-order valence-corrected chi connectivity index (χ1v) is 20.0. The molecule has 6 rings (SSSR count). The minimum absolute atomic E-state index is 0. The number of hydrogen-bond acceptors (Lipinski definition) is 20. The Hall–Kier alpha value is -4.18. The second kappa shape index (κ2) is 22.6. The van der Waals surface area contributed by atoms with Crippen molar-refractivity contribution < 1.29 is 117 Å². The van der Waals surface area contributed by atoms with Crippen LogP contribution < -0.4 is 113 Å². The van der Waals surface area contributed by atoms with Crippen molar-refractivity contribution in [2.75, 3.05) is 58.2 Å². The Bertz CT molecular complexity index is 2460. The van der Waals surface area contributed by atoms with Gasteiger partial charge >= 0.3 is 80.9 Å². The number of nitrogens with zero attached hydrogens (tertiary/aromatic N) is 6. The van der Waals surface area contributed by atoms with Crippen LogP contribution in [0, 0.1) is 0 Å². The van der Waals surface area contributed by atoms with Gasteiger partial charge in [0.15, 0.2) is 0 Å². The zero-order valence-corrected chi connectivity index (χ0v) is 38.8. The van der Waals surface area contributed by atoms with E-state index in [1.165, 1.54) is 36.4 Å². The number of aliphatic hydroxyl groups excluding tert-OH is 2. The molecule has 0 unspecified atom stereocenters. The van der Waals surface area contributed by atoms with Gasteiger partial charge in [-0.2, -0.15) is 29.9 Å². The van der Waals surface area contributed by atoms with Crippen molar-refractivity contribution >= 4 is 90.8 Å². The van der Waals surface area contributed by atoms with Crippen molar-refractivity contribution in [1.82, 2.24) is 29.9 Å². The van der Waals surface area contributed by atoms with E-state index in [-0.39, 0.29) is 165 Å². The summed E-state index contributed by atoms with van der Waals surface area (Å²) in [6, 6.07) is 25.5. The maximum atomic E-state index is 12.5. The molecule has 0 aliphatic rings. The largest absolute Gasteiger partial charge is 1.00 e. The molecule has 0 amide bonds. The third-order valence-electron chi connectivity index (χ3n) is 7.64. The second-order valence-electron chi connectivity index (χ2n) is 11.9. The Morgan fingerprint density at radius 1 is 0.483 bits per heavy atom. The van der Waals surface area contributed by atoms with Crippen LogP contribution in [0.4, 0.5) is 58.4 Å². The van der Waals surface area contributed by atoms with Gasteiger partial charge in [0.1, 0.15) is 20.2 Å². The standard InChI is InChI=1S/C36H36N12O8S2.K.Na/c49-19-17-37-31-43-33(39-25-7-3-1-4-8-25)47-35(45-31)41-27-15-13-23(29(21-27)57(51,52)53)11-12-24-14-16-28(22-30(24)58(54,55)56)42-36-46-32(38-18-20-50)44-34(48-36)40-26-9-5-2-6-10-26;;/h1-16,21-22,49-50H,17-20H2,(H,51,52,53)(H,54,55,56)(H3,37,39,41,43,45,47)(H3,38,40,42,44,46,48);;/q;2*+1/p-2. The average molecular weight is 889 g/mol. The van der Waals surface area contributed by atoms with E-state index in [1.54, 1.807) is 48.5 Å². The van der Waals surface area contributed by atoms with Crippen LogP contribution in [0.15, 0.2) is 107 Å². The van der Waals surface area contributed by atoms with E-state index >= 15 is 0 Å². The van der Waals surface area contributed by atoms with E-state index in [9.17, 15) is 36.2 Å². The van der Waals surface area contributed by atoms with Gasteiger partial charge in [0.2, 0.25) is 35.7 Å². The van der Waals surface area contributed by atoms with Crippen LogP contribution in [0.2, 0.25) is 0 Å². The number of rotatable bonds is 18. The smallest absolute Gasteiger partial charge is 0.744 e. The van der Waals surface area contributed by atoms with E-state index in [2.05, 4.69) is 61.8 Å². The van der Waals surface area contributed by atoms with Crippen LogP contribution in [0.3, 0.4) is 0 Å². The molecule has 8 N–H and O–H groups in total. The summed E-state index contributed by atoms with van der Waals surface area (Å²) in [6.45, 7) is -0.168. The first-order valence-electron chi connectivity index (χ1n) is 17.1. The van der Waals surface area contributed by atoms with Crippen molar-refractivity contribution in [3.8, 4) is 0 Å². The molecule has 4 aromatic carbocycles. The maximum absolute atomic E-state index is 12.5. The van der Waals surface area contributed by atoms with Gasteiger partial charge in [0, 0.05) is 35.8 Å². The first kappa shape index (κ1) is 48.5. The van der Waals surface area contributed by atoms with Crippen molar-refractivity contribution in [1.29, 1.82) is 0 Å². The Balaban J connectivity index is 0.00000397. The Morgan fingerprint density at radius 2 is 0.800 bits per heavy atom. The molecule has 24 heteroatoms. The van der Waals surface area contributed by atoms with Crippen LogP contribution >= 0.6 is 0 Å². The first-order chi connectivity index (χ1) is 27.9. The minimum atomic E-state index is -5.11. The van der Waals surface area contributed by atoms with Crippen LogP contribution in [0.5, 0.6) is 0 Å². The van der Waals surface area contributed by atoms with Gasteiger partial charge in [-0.1, -0.05) is 60.7 Å². The normalized spacial score (nSPS) is 11.2. The fourth-order valence-electron chi connectivity index (χ4n) is 5.14. The Morgan fingerprint density at radius 3 is 1.12 bits per heavy atom. The number of aliphatic hydroxyl groups is 2. The summed E-state index contributed by atoms with van der Waals surface area (Å²) in [5.41, 5.74) is 1.30. The van der Waals surface area contributed by atoms with Crippen molar-refractivity contribution in [3.63, 3.8) is 0 Å². The van der Waals surface area contributed by atoms with Crippen LogP contribution in [-0.4, -0.2) is 92.4 Å². The van der Waals surface area contributed by atoms with Crippen molar-refractivity contribution in [2.45, 2.75) is 9.79 Å². The molecule has 6 aromatic rings. The SMILES string of the molecule is O=S(=O)([O-])c1cc(Nc2nc(NCCO)nc(Nc3ccccc3)n2)ccc1C=Cc1ccc(Nc2nc(NCCO)nc(Nc3ccccc3)n2)cc1S(=O)(=O)[O-].[K+].[Na+]. The number of anilines is 10. The number of aromatic nitrogens is 6. The fourth-order valence-corrected chi connectivity index (χ4v) is 6.53. The van der Waals surface area contributed by atoms with Crippen LogP contribution in [-0.2, 0) is 20.2 Å². The summed E-state index contributed by atoms with van der Waals surface area (Å²) < 4.78 is 74.8. The summed E-state index contributed by atoms with van der Waals surface area (Å²) in [5, 5.41) is 35.9. The molecular formula is C36H34KN12NaO8S2. The van der Waals surface area contributed by atoms with Gasteiger partial charge in [0.25, 0.3) is 0 Å². The summed E-state index contributed by atoms with van der Waals surface area (Å²) in [6.07, 6.45) is 2.36. The van der Waals surface area contributed by atoms with Crippen molar-refractivity contribution in [2.24, 2.45) is 0 Å². The molecule has 60 heavy (non-hydrogen) atoms. The van der Waals surface area contributed by atoms with E-state index < -0.39 is 30.0 Å². The molecule has 0 aliphatic heterocycles. The molecule has 0 radical (unpaired) electrons. The molecule has 0 spiro atoms. The number of hydrogen-bond donors (Lipinski definition) is 8. The molecule has 0 saturated heterocycles. The Kier molecular flexibility index (Phi) is 18.3. The van der Waals surface area contributed by atoms with Crippen LogP contribution in [0.1, 0.15) is 11.1 Å². The molecule has 0 saturated carbocycles. The summed E-state index contributed by atoms with van der Waals surface area (Å²) in [5.74, 6) is 0.328. The molecule has 2 aromatic heterocycles. The number of benzene rings is 4. The molecule has 0 atom stereocenters. The molecule has 0 aliphatic carbocycles. The summed E-state index contributed by atoms with van der Waals surface area (Å²) in [7, 11) is -10.2. The third-order valence-corrected chi connectivity index (χ3v) is 9.43. The molecular weight excluding hydrogens is 855 g/mol. The van der Waals surface area contributed by atoms with E-state index in [1.807, 2.05) is 12.1 Å². The summed E-state index contributed by atoms with van der Waals surface area (Å²) >= 11 is 0. The van der Waals surface area contributed by atoms with Gasteiger partial charge in [-0.15, -0.1) is 0 Å². The predicted octanol–water partition coefficient (Wildman–Crippen LogP) is -2.17. The van der Waals surface area contributed by atoms with E-state index in [4.69, 9.17) is 0 Å². The van der Waals surface area contributed by atoms with E-state index in [0.29, 0.717) is 11.4 Å². The predicted molar refractivity (Wildman–Crippen MR) is 215 cm³/mol. The van der Waals surface area contributed by atoms with Crippen molar-refractivity contribution in [3.05, 3.63) is 108 Å². The molecule has 300 valence electrons. The minimum Gasteiger partial charge on any atom is -0.744 e. The van der Waals surface area contributed by atoms with E-state index in [0.717, 1.165) is 12.1 Å². The zero-order chi connectivity index (χ0) is 41.1. The number of nitrogens with one attached hydrogen (secondary N) is 6. The monoisotopic (exact) mass is 888 g/mol. The zero-order valence-electron chi connectivity index (χ0n) is 32.1. The summed E-state index contributed by atoms with van der Waals surface area (Å²) in [4.78, 5) is 24.3. The average Bonchev–Trinajstić information content (AvgIpc) is 3.19. The van der Waals surface area contributed by atoms with Gasteiger partial charge in [-0.3, -0.25) is 0 Å². The van der Waals surface area contributed by atoms with Gasteiger partial charge in [-0.25, -0.2) is 16.8 Å². The molecule has 2 heterocycles. The fraction of sp³-hybridized carbons (Fsp3) is 0.111. The van der Waals surface area contributed by atoms with Gasteiger partial charge < -0.3 is 51.2 Å². The third kappa shape index (κ3) is 14.2. The van der Waals surface area contributed by atoms with Crippen LogP contribution in [0.25, 0.3) is 12.2 Å². The van der Waals surface area contributed by atoms with Gasteiger partial charge in [0.05, 0.1) is 23.0 Å². The molecule has 0 bridgehead atoms. The second-order valence-corrected chi connectivity index (χ2v) is 14.6. The number of para-hydroxylation sites is 2. The topological polar surface area (TPSA) is 304 Å². The molecule has 20 nitrogen and oxygen atoms in total. The quantitative estimate of drug-likeness (QED) is 0.0259. The van der Waals surface area contributed by atoms with Gasteiger partial charge in [-0.05, 0) is 59.7 Å².